The number of hydrogen-bond acceptors (Lipinski definition) is 3. The van der Waals surface area contributed by atoms with Crippen LogP contribution in [-0.2, 0) is 6.54 Å². The number of halogens is 1. The van der Waals surface area contributed by atoms with Gasteiger partial charge in [0.25, 0.3) is 5.91 Å². The highest BCUT2D eigenvalue weighted by atomic mass is 35.5. The third-order valence-corrected chi connectivity index (χ3v) is 5.70. The van der Waals surface area contributed by atoms with Crippen molar-refractivity contribution >= 4 is 17.5 Å². The number of para-hydroxylation sites is 1. The molecule has 0 spiro atoms. The summed E-state index contributed by atoms with van der Waals surface area (Å²) < 4.78 is 3.63. The monoisotopic (exact) mass is 433 g/mol. The Balaban J connectivity index is 1.50. The Kier molecular flexibility index (Phi) is 6.18. The molecule has 0 atom stereocenters. The van der Waals surface area contributed by atoms with Crippen LogP contribution in [0, 0.1) is 13.8 Å². The molecule has 0 aliphatic heterocycles. The van der Waals surface area contributed by atoms with E-state index in [1.165, 1.54) is 0 Å². The number of carbonyl (C=O) groups is 1. The van der Waals surface area contributed by atoms with Crippen molar-refractivity contribution in [2.75, 3.05) is 6.54 Å². The fourth-order valence-electron chi connectivity index (χ4n) is 3.48. The summed E-state index contributed by atoms with van der Waals surface area (Å²) in [6.07, 6.45) is 2.53. The second kappa shape index (κ2) is 9.18. The molecule has 0 unspecified atom stereocenters. The number of rotatable bonds is 7. The van der Waals surface area contributed by atoms with Crippen LogP contribution in [0.4, 0.5) is 0 Å². The standard InChI is InChI=1S/C24H24ClN5O/c1-17-22(25)18(2)29(27-17)15-9-14-26-24(31)21-16-30(20-12-7-4-8-13-20)28-23(21)19-10-5-3-6-11-19/h3-8,10-13,16H,9,14-15H2,1-2H3,(H,26,31). The van der Waals surface area contributed by atoms with Crippen LogP contribution in [0.15, 0.2) is 66.9 Å². The number of carbonyl (C=O) groups excluding carboxylic acids is 1. The summed E-state index contributed by atoms with van der Waals surface area (Å²) in [6.45, 7) is 5.06. The molecule has 31 heavy (non-hydrogen) atoms. The van der Waals surface area contributed by atoms with Gasteiger partial charge in [0, 0.05) is 24.8 Å². The molecule has 0 radical (unpaired) electrons. The second-order valence-corrected chi connectivity index (χ2v) is 7.73. The van der Waals surface area contributed by atoms with Gasteiger partial charge in [-0.1, -0.05) is 60.1 Å². The van der Waals surface area contributed by atoms with E-state index in [1.807, 2.05) is 79.2 Å². The highest BCUT2D eigenvalue weighted by Gasteiger charge is 2.18. The summed E-state index contributed by atoms with van der Waals surface area (Å²) >= 11 is 6.21. The van der Waals surface area contributed by atoms with Gasteiger partial charge in [-0.3, -0.25) is 9.48 Å². The van der Waals surface area contributed by atoms with Gasteiger partial charge in [0.1, 0.15) is 5.69 Å². The van der Waals surface area contributed by atoms with Crippen LogP contribution >= 0.6 is 11.6 Å². The summed E-state index contributed by atoms with van der Waals surface area (Å²) in [4.78, 5) is 13.0. The van der Waals surface area contributed by atoms with E-state index in [4.69, 9.17) is 16.7 Å². The zero-order chi connectivity index (χ0) is 21.8. The number of benzene rings is 2. The lowest BCUT2D eigenvalue weighted by Gasteiger charge is -2.07. The molecule has 158 valence electrons. The van der Waals surface area contributed by atoms with Gasteiger partial charge in [-0.05, 0) is 32.4 Å². The summed E-state index contributed by atoms with van der Waals surface area (Å²) in [5, 5.41) is 12.9. The molecule has 0 fully saturated rings. The van der Waals surface area contributed by atoms with E-state index in [0.29, 0.717) is 29.4 Å². The summed E-state index contributed by atoms with van der Waals surface area (Å²) in [5.74, 6) is -0.146. The number of nitrogens with one attached hydrogen (secondary N) is 1. The molecular weight excluding hydrogens is 410 g/mol. The minimum atomic E-state index is -0.146. The van der Waals surface area contributed by atoms with Gasteiger partial charge in [-0.25, -0.2) is 4.68 Å². The van der Waals surface area contributed by atoms with E-state index in [9.17, 15) is 4.79 Å². The van der Waals surface area contributed by atoms with Gasteiger partial charge in [0.2, 0.25) is 0 Å². The molecule has 1 amide bonds. The van der Waals surface area contributed by atoms with Crippen molar-refractivity contribution in [1.82, 2.24) is 24.9 Å². The maximum Gasteiger partial charge on any atom is 0.255 e. The molecule has 2 aromatic carbocycles. The van der Waals surface area contributed by atoms with Crippen molar-refractivity contribution in [3.8, 4) is 16.9 Å². The Morgan fingerprint density at radius 2 is 1.68 bits per heavy atom. The van der Waals surface area contributed by atoms with Crippen LogP contribution in [0.25, 0.3) is 16.9 Å². The normalized spacial score (nSPS) is 10.9. The topological polar surface area (TPSA) is 64.7 Å². The Hall–Kier alpha value is -3.38. The van der Waals surface area contributed by atoms with Crippen LogP contribution in [0.5, 0.6) is 0 Å². The first kappa shape index (κ1) is 20.9. The van der Waals surface area contributed by atoms with Crippen LogP contribution in [0.3, 0.4) is 0 Å². The van der Waals surface area contributed by atoms with Crippen LogP contribution < -0.4 is 5.32 Å². The maximum absolute atomic E-state index is 13.0. The Morgan fingerprint density at radius 3 is 2.32 bits per heavy atom. The maximum atomic E-state index is 13.0. The van der Waals surface area contributed by atoms with E-state index >= 15 is 0 Å². The molecule has 6 nitrogen and oxygen atoms in total. The largest absolute Gasteiger partial charge is 0.352 e. The number of nitrogens with zero attached hydrogens (tertiary/aromatic N) is 4. The lowest BCUT2D eigenvalue weighted by Crippen LogP contribution is -2.25. The first-order valence-corrected chi connectivity index (χ1v) is 10.6. The van der Waals surface area contributed by atoms with Gasteiger partial charge in [-0.2, -0.15) is 10.2 Å². The van der Waals surface area contributed by atoms with Gasteiger partial charge in [0.15, 0.2) is 0 Å². The van der Waals surface area contributed by atoms with Crippen molar-refractivity contribution in [3.63, 3.8) is 0 Å². The SMILES string of the molecule is Cc1nn(CCCNC(=O)c2cn(-c3ccccc3)nc2-c2ccccc2)c(C)c1Cl. The Bertz CT molecular complexity index is 1180. The third kappa shape index (κ3) is 4.54. The van der Waals surface area contributed by atoms with Crippen molar-refractivity contribution in [3.05, 3.63) is 88.8 Å². The zero-order valence-electron chi connectivity index (χ0n) is 17.5. The van der Waals surface area contributed by atoms with Crippen LogP contribution in [-0.4, -0.2) is 32.0 Å². The first-order valence-electron chi connectivity index (χ1n) is 10.2. The highest BCUT2D eigenvalue weighted by Crippen LogP contribution is 2.24. The second-order valence-electron chi connectivity index (χ2n) is 7.35. The van der Waals surface area contributed by atoms with Crippen molar-refractivity contribution in [2.45, 2.75) is 26.8 Å². The fourth-order valence-corrected chi connectivity index (χ4v) is 3.62. The van der Waals surface area contributed by atoms with E-state index in [-0.39, 0.29) is 5.91 Å². The number of aromatic nitrogens is 4. The highest BCUT2D eigenvalue weighted by molar-refractivity contribution is 6.31. The van der Waals surface area contributed by atoms with E-state index < -0.39 is 0 Å². The Morgan fingerprint density at radius 1 is 1.00 bits per heavy atom. The van der Waals surface area contributed by atoms with E-state index in [1.54, 1.807) is 10.9 Å². The van der Waals surface area contributed by atoms with Gasteiger partial charge < -0.3 is 5.32 Å². The molecular formula is C24H24ClN5O. The number of hydrogen-bond donors (Lipinski definition) is 1. The first-order chi connectivity index (χ1) is 15.0. The average Bonchev–Trinajstić information content (AvgIpc) is 3.35. The van der Waals surface area contributed by atoms with Crippen LogP contribution in [0.2, 0.25) is 5.02 Å². The quantitative estimate of drug-likeness (QED) is 0.425. The smallest absolute Gasteiger partial charge is 0.255 e. The molecule has 2 aromatic heterocycles. The third-order valence-electron chi connectivity index (χ3n) is 5.15. The molecule has 0 aliphatic rings. The summed E-state index contributed by atoms with van der Waals surface area (Å²) in [5.41, 5.74) is 4.78. The predicted molar refractivity (Wildman–Crippen MR) is 123 cm³/mol. The molecule has 1 N–H and O–H groups in total. The fraction of sp³-hybridized carbons (Fsp3) is 0.208. The number of aryl methyl sites for hydroxylation is 2. The minimum Gasteiger partial charge on any atom is -0.352 e. The molecule has 0 bridgehead atoms. The summed E-state index contributed by atoms with van der Waals surface area (Å²) in [6, 6.07) is 19.5. The number of amides is 1. The Labute approximate surface area is 186 Å². The molecule has 4 aromatic rings. The molecule has 4 rings (SSSR count). The lowest BCUT2D eigenvalue weighted by molar-refractivity contribution is 0.0953. The zero-order valence-corrected chi connectivity index (χ0v) is 18.3. The molecule has 2 heterocycles. The molecule has 0 saturated heterocycles. The van der Waals surface area contributed by atoms with Gasteiger partial charge in [0.05, 0.1) is 27.7 Å². The van der Waals surface area contributed by atoms with Gasteiger partial charge >= 0.3 is 0 Å². The lowest BCUT2D eigenvalue weighted by atomic mass is 10.1. The minimum absolute atomic E-state index is 0.146. The molecule has 0 saturated carbocycles. The van der Waals surface area contributed by atoms with E-state index in [0.717, 1.165) is 29.1 Å². The molecule has 0 aliphatic carbocycles. The van der Waals surface area contributed by atoms with Gasteiger partial charge in [-0.15, -0.1) is 0 Å². The van der Waals surface area contributed by atoms with E-state index in [2.05, 4.69) is 10.4 Å². The van der Waals surface area contributed by atoms with Crippen molar-refractivity contribution in [2.24, 2.45) is 0 Å². The summed E-state index contributed by atoms with van der Waals surface area (Å²) in [7, 11) is 0. The van der Waals surface area contributed by atoms with Crippen LogP contribution in [0.1, 0.15) is 28.2 Å². The predicted octanol–water partition coefficient (Wildman–Crippen LogP) is 4.83. The molecule has 7 heteroatoms. The van der Waals surface area contributed by atoms with Crippen molar-refractivity contribution < 1.29 is 4.79 Å². The van der Waals surface area contributed by atoms with Crippen molar-refractivity contribution in [1.29, 1.82) is 0 Å². The average molecular weight is 434 g/mol.